The van der Waals surface area contributed by atoms with E-state index in [9.17, 15) is 9.90 Å². The van der Waals surface area contributed by atoms with Gasteiger partial charge in [-0.1, -0.05) is 24.3 Å². The van der Waals surface area contributed by atoms with Crippen LogP contribution in [0.25, 0.3) is 0 Å². The van der Waals surface area contributed by atoms with Gasteiger partial charge >= 0.3 is 6.03 Å². The van der Waals surface area contributed by atoms with E-state index in [4.69, 9.17) is 4.74 Å². The molecule has 3 rings (SSSR count). The Kier molecular flexibility index (Phi) is 5.63. The highest BCUT2D eigenvalue weighted by molar-refractivity contribution is 5.90. The summed E-state index contributed by atoms with van der Waals surface area (Å²) >= 11 is 0. The average Bonchev–Trinajstić information content (AvgIpc) is 3.07. The van der Waals surface area contributed by atoms with Crippen molar-refractivity contribution in [1.82, 2.24) is 9.88 Å². The number of ether oxygens (including phenoxy) is 1. The largest absolute Gasteiger partial charge is 0.388 e. The van der Waals surface area contributed by atoms with Gasteiger partial charge in [-0.05, 0) is 36.6 Å². The highest BCUT2D eigenvalue weighted by Crippen LogP contribution is 2.19. The predicted octanol–water partition coefficient (Wildman–Crippen LogP) is 2.09. The zero-order valence-corrected chi connectivity index (χ0v) is 14.3. The molecule has 1 saturated heterocycles. The number of aromatic nitrogens is 1. The standard InChI is InChI=1S/C19H23N3O3/c1-22(17-12-25-13-18(17)23)19(24)21-16-8-3-2-6-14(16)9-10-15-7-4-5-11-20-15/h2-8,11,17-18,23H,9-10,12-13H2,1H3,(H,21,24)/t17-,18-/m0/s1. The molecule has 0 radical (unpaired) electrons. The van der Waals surface area contributed by atoms with Crippen LogP contribution in [0.5, 0.6) is 0 Å². The van der Waals surface area contributed by atoms with Crippen LogP contribution >= 0.6 is 0 Å². The van der Waals surface area contributed by atoms with Gasteiger partial charge in [-0.2, -0.15) is 0 Å². The number of aliphatic hydroxyl groups excluding tert-OH is 1. The van der Waals surface area contributed by atoms with Gasteiger partial charge in [0.05, 0.1) is 25.4 Å². The number of rotatable bonds is 5. The lowest BCUT2D eigenvalue weighted by Crippen LogP contribution is -2.46. The van der Waals surface area contributed by atoms with Crippen molar-refractivity contribution in [3.63, 3.8) is 0 Å². The number of para-hydroxylation sites is 1. The van der Waals surface area contributed by atoms with E-state index in [1.165, 1.54) is 4.90 Å². The third kappa shape index (κ3) is 4.35. The van der Waals surface area contributed by atoms with Crippen LogP contribution in [0.3, 0.4) is 0 Å². The molecule has 2 atom stereocenters. The molecule has 1 fully saturated rings. The number of carbonyl (C=O) groups excluding carboxylic acids is 1. The van der Waals surface area contributed by atoms with Crippen LogP contribution in [0.2, 0.25) is 0 Å². The molecule has 2 N–H and O–H groups in total. The van der Waals surface area contributed by atoms with Crippen LogP contribution in [-0.2, 0) is 17.6 Å². The van der Waals surface area contributed by atoms with Gasteiger partial charge in [0.25, 0.3) is 0 Å². The molecule has 1 aromatic carbocycles. The van der Waals surface area contributed by atoms with Crippen molar-refractivity contribution in [2.24, 2.45) is 0 Å². The van der Waals surface area contributed by atoms with Gasteiger partial charge < -0.3 is 20.1 Å². The summed E-state index contributed by atoms with van der Waals surface area (Å²) in [6.45, 7) is 0.620. The van der Waals surface area contributed by atoms with E-state index < -0.39 is 6.10 Å². The number of aryl methyl sites for hydroxylation is 2. The fraction of sp³-hybridized carbons (Fsp3) is 0.368. The first kappa shape index (κ1) is 17.4. The number of hydrogen-bond donors (Lipinski definition) is 2. The van der Waals surface area contributed by atoms with E-state index in [-0.39, 0.29) is 18.7 Å². The molecule has 0 spiro atoms. The maximum atomic E-state index is 12.5. The first-order valence-corrected chi connectivity index (χ1v) is 8.42. The topological polar surface area (TPSA) is 74.7 Å². The Balaban J connectivity index is 1.65. The van der Waals surface area contributed by atoms with Crippen molar-refractivity contribution in [3.8, 4) is 0 Å². The highest BCUT2D eigenvalue weighted by Gasteiger charge is 2.32. The van der Waals surface area contributed by atoms with Gasteiger partial charge in [-0.3, -0.25) is 4.98 Å². The molecule has 0 aliphatic carbocycles. The van der Waals surface area contributed by atoms with Crippen LogP contribution in [0.4, 0.5) is 10.5 Å². The summed E-state index contributed by atoms with van der Waals surface area (Å²) in [6, 6.07) is 13.0. The molecule has 1 aromatic heterocycles. The van der Waals surface area contributed by atoms with E-state index in [1.807, 2.05) is 42.5 Å². The molecule has 1 aliphatic heterocycles. The fourth-order valence-electron chi connectivity index (χ4n) is 2.92. The van der Waals surface area contributed by atoms with E-state index in [0.29, 0.717) is 6.61 Å². The van der Waals surface area contributed by atoms with Crippen molar-refractivity contribution in [2.75, 3.05) is 25.6 Å². The number of likely N-dealkylation sites (N-methyl/N-ethyl adjacent to an activating group) is 1. The second-order valence-electron chi connectivity index (χ2n) is 6.19. The summed E-state index contributed by atoms with van der Waals surface area (Å²) in [5, 5.41) is 12.8. The SMILES string of the molecule is CN(C(=O)Nc1ccccc1CCc1ccccn1)[C@H]1COC[C@@H]1O. The van der Waals surface area contributed by atoms with E-state index in [0.717, 1.165) is 29.8 Å². The minimum absolute atomic E-state index is 0.250. The number of nitrogens with zero attached hydrogens (tertiary/aromatic N) is 2. The van der Waals surface area contributed by atoms with Crippen LogP contribution < -0.4 is 5.32 Å². The maximum Gasteiger partial charge on any atom is 0.322 e. The molecule has 6 nitrogen and oxygen atoms in total. The summed E-state index contributed by atoms with van der Waals surface area (Å²) in [6.07, 6.45) is 2.73. The van der Waals surface area contributed by atoms with Gasteiger partial charge in [0, 0.05) is 24.6 Å². The molecule has 6 heteroatoms. The highest BCUT2D eigenvalue weighted by atomic mass is 16.5. The van der Waals surface area contributed by atoms with Gasteiger partial charge in [0.15, 0.2) is 0 Å². The molecule has 2 amide bonds. The summed E-state index contributed by atoms with van der Waals surface area (Å²) in [7, 11) is 1.68. The maximum absolute atomic E-state index is 12.5. The summed E-state index contributed by atoms with van der Waals surface area (Å²) in [4.78, 5) is 18.4. The number of anilines is 1. The molecule has 0 unspecified atom stereocenters. The minimum atomic E-state index is -0.643. The second kappa shape index (κ2) is 8.09. The molecule has 2 aromatic rings. The first-order valence-electron chi connectivity index (χ1n) is 8.42. The second-order valence-corrected chi connectivity index (χ2v) is 6.19. The Morgan fingerprint density at radius 2 is 2.04 bits per heavy atom. The predicted molar refractivity (Wildman–Crippen MR) is 95.5 cm³/mol. The molecular formula is C19H23N3O3. The number of aliphatic hydroxyl groups is 1. The van der Waals surface area contributed by atoms with Crippen molar-refractivity contribution in [3.05, 3.63) is 59.9 Å². The molecule has 25 heavy (non-hydrogen) atoms. The number of carbonyl (C=O) groups is 1. The Labute approximate surface area is 147 Å². The molecule has 2 heterocycles. The lowest BCUT2D eigenvalue weighted by Gasteiger charge is -2.26. The Morgan fingerprint density at radius 3 is 2.76 bits per heavy atom. The van der Waals surface area contributed by atoms with Gasteiger partial charge in [-0.25, -0.2) is 4.79 Å². The van der Waals surface area contributed by atoms with Crippen molar-refractivity contribution < 1.29 is 14.6 Å². The Morgan fingerprint density at radius 1 is 1.24 bits per heavy atom. The van der Waals surface area contributed by atoms with E-state index >= 15 is 0 Å². The van der Waals surface area contributed by atoms with Crippen LogP contribution in [-0.4, -0.2) is 53.4 Å². The molecular weight excluding hydrogens is 318 g/mol. The van der Waals surface area contributed by atoms with Crippen molar-refractivity contribution in [1.29, 1.82) is 0 Å². The van der Waals surface area contributed by atoms with Gasteiger partial charge in [-0.15, -0.1) is 0 Å². The number of benzene rings is 1. The molecule has 132 valence electrons. The lowest BCUT2D eigenvalue weighted by atomic mass is 10.1. The van der Waals surface area contributed by atoms with Crippen molar-refractivity contribution in [2.45, 2.75) is 25.0 Å². The van der Waals surface area contributed by atoms with E-state index in [2.05, 4.69) is 10.3 Å². The smallest absolute Gasteiger partial charge is 0.322 e. The number of amides is 2. The third-order valence-corrected chi connectivity index (χ3v) is 4.47. The normalized spacial score (nSPS) is 19.6. The number of urea groups is 1. The van der Waals surface area contributed by atoms with Crippen LogP contribution in [0, 0.1) is 0 Å². The van der Waals surface area contributed by atoms with Crippen LogP contribution in [0.1, 0.15) is 11.3 Å². The summed E-state index contributed by atoms with van der Waals surface area (Å²) in [5.74, 6) is 0. The quantitative estimate of drug-likeness (QED) is 0.873. The van der Waals surface area contributed by atoms with Gasteiger partial charge in [0.2, 0.25) is 0 Å². The number of hydrogen-bond acceptors (Lipinski definition) is 4. The first-order chi connectivity index (χ1) is 12.1. The monoisotopic (exact) mass is 341 g/mol. The zero-order valence-electron chi connectivity index (χ0n) is 14.3. The Bertz CT molecular complexity index is 708. The fourth-order valence-corrected chi connectivity index (χ4v) is 2.92. The number of nitrogens with one attached hydrogen (secondary N) is 1. The molecule has 0 saturated carbocycles. The van der Waals surface area contributed by atoms with Crippen LogP contribution in [0.15, 0.2) is 48.7 Å². The van der Waals surface area contributed by atoms with Gasteiger partial charge in [0.1, 0.15) is 0 Å². The lowest BCUT2D eigenvalue weighted by molar-refractivity contribution is 0.106. The van der Waals surface area contributed by atoms with Crippen molar-refractivity contribution >= 4 is 11.7 Å². The summed E-state index contributed by atoms with van der Waals surface area (Å²) in [5.41, 5.74) is 2.86. The van der Waals surface area contributed by atoms with E-state index in [1.54, 1.807) is 13.2 Å². The average molecular weight is 341 g/mol. The molecule has 0 bridgehead atoms. The molecule has 1 aliphatic rings. The minimum Gasteiger partial charge on any atom is -0.388 e. The zero-order chi connectivity index (χ0) is 17.6. The number of pyridine rings is 1. The third-order valence-electron chi connectivity index (χ3n) is 4.47. The Hall–Kier alpha value is -2.44. The summed E-state index contributed by atoms with van der Waals surface area (Å²) < 4.78 is 5.22.